The zero-order valence-corrected chi connectivity index (χ0v) is 12.1. The molecule has 0 aromatic carbocycles. The second kappa shape index (κ2) is 6.50. The average Bonchev–Trinajstić information content (AvgIpc) is 2.46. The van der Waals surface area contributed by atoms with Gasteiger partial charge in [0.25, 0.3) is 5.91 Å². The second-order valence-corrected chi connectivity index (χ2v) is 5.36. The molecule has 0 saturated carbocycles. The fourth-order valence-corrected chi connectivity index (χ4v) is 2.41. The Kier molecular flexibility index (Phi) is 4.71. The van der Waals surface area contributed by atoms with E-state index in [1.165, 1.54) is 6.92 Å². The summed E-state index contributed by atoms with van der Waals surface area (Å²) in [6.07, 6.45) is 3.51. The maximum atomic E-state index is 12.3. The summed E-state index contributed by atoms with van der Waals surface area (Å²) in [4.78, 5) is 29.2. The molecule has 1 aromatic heterocycles. The van der Waals surface area contributed by atoms with E-state index in [4.69, 9.17) is 0 Å². The fraction of sp³-hybridized carbons (Fsp3) is 0.533. The lowest BCUT2D eigenvalue weighted by molar-refractivity contribution is -0.119. The molecule has 1 N–H and O–H groups in total. The summed E-state index contributed by atoms with van der Waals surface area (Å²) in [7, 11) is 0. The SMILES string of the molecule is CC(=O)NCC1CCN(C(=O)c2ccc(C)nc2)CC1. The van der Waals surface area contributed by atoms with Gasteiger partial charge in [-0.2, -0.15) is 0 Å². The highest BCUT2D eigenvalue weighted by Gasteiger charge is 2.23. The van der Waals surface area contributed by atoms with Crippen LogP contribution in [0.5, 0.6) is 0 Å². The molecule has 0 aliphatic carbocycles. The highest BCUT2D eigenvalue weighted by atomic mass is 16.2. The van der Waals surface area contributed by atoms with Crippen molar-refractivity contribution in [3.63, 3.8) is 0 Å². The van der Waals surface area contributed by atoms with E-state index in [1.54, 1.807) is 6.20 Å². The number of nitrogens with one attached hydrogen (secondary N) is 1. The zero-order valence-electron chi connectivity index (χ0n) is 12.1. The van der Waals surface area contributed by atoms with Crippen molar-refractivity contribution >= 4 is 11.8 Å². The minimum atomic E-state index is 0.00855. The zero-order chi connectivity index (χ0) is 14.5. The molecule has 108 valence electrons. The Morgan fingerprint density at radius 3 is 2.60 bits per heavy atom. The molecule has 1 aliphatic rings. The minimum absolute atomic E-state index is 0.00855. The van der Waals surface area contributed by atoms with Crippen molar-refractivity contribution in [3.05, 3.63) is 29.6 Å². The molecule has 0 spiro atoms. The van der Waals surface area contributed by atoms with Crippen LogP contribution in [-0.4, -0.2) is 41.3 Å². The van der Waals surface area contributed by atoms with Crippen LogP contribution in [0.1, 0.15) is 35.8 Å². The number of aromatic nitrogens is 1. The van der Waals surface area contributed by atoms with Crippen LogP contribution in [0.3, 0.4) is 0 Å². The van der Waals surface area contributed by atoms with Crippen LogP contribution in [0.15, 0.2) is 18.3 Å². The van der Waals surface area contributed by atoms with Crippen LogP contribution in [0.25, 0.3) is 0 Å². The maximum Gasteiger partial charge on any atom is 0.255 e. The van der Waals surface area contributed by atoms with Gasteiger partial charge in [-0.05, 0) is 37.8 Å². The summed E-state index contributed by atoms with van der Waals surface area (Å²) in [6, 6.07) is 3.69. The molecule has 5 nitrogen and oxygen atoms in total. The molecule has 2 rings (SSSR count). The number of likely N-dealkylation sites (tertiary alicyclic amines) is 1. The number of amides is 2. The molecule has 2 amide bonds. The Labute approximate surface area is 119 Å². The van der Waals surface area contributed by atoms with Crippen molar-refractivity contribution < 1.29 is 9.59 Å². The van der Waals surface area contributed by atoms with E-state index in [2.05, 4.69) is 10.3 Å². The summed E-state index contributed by atoms with van der Waals surface area (Å²) in [6.45, 7) is 5.64. The van der Waals surface area contributed by atoms with Gasteiger partial charge in [0.05, 0.1) is 5.56 Å². The Morgan fingerprint density at radius 2 is 2.05 bits per heavy atom. The average molecular weight is 275 g/mol. The molecular weight excluding hydrogens is 254 g/mol. The fourth-order valence-electron chi connectivity index (χ4n) is 2.41. The van der Waals surface area contributed by atoms with Gasteiger partial charge in [0, 0.05) is 38.4 Å². The summed E-state index contributed by atoms with van der Waals surface area (Å²) in [5.41, 5.74) is 1.56. The van der Waals surface area contributed by atoms with Crippen molar-refractivity contribution in [2.24, 2.45) is 5.92 Å². The quantitative estimate of drug-likeness (QED) is 0.906. The lowest BCUT2D eigenvalue weighted by Gasteiger charge is -2.32. The molecule has 1 saturated heterocycles. The molecule has 2 heterocycles. The Morgan fingerprint density at radius 1 is 1.35 bits per heavy atom. The first-order valence-electron chi connectivity index (χ1n) is 7.02. The highest BCUT2D eigenvalue weighted by Crippen LogP contribution is 2.18. The first-order valence-corrected chi connectivity index (χ1v) is 7.02. The summed E-state index contributed by atoms with van der Waals surface area (Å²) >= 11 is 0. The maximum absolute atomic E-state index is 12.3. The van der Waals surface area contributed by atoms with Crippen LogP contribution in [0.2, 0.25) is 0 Å². The number of rotatable bonds is 3. The van der Waals surface area contributed by atoms with Crippen molar-refractivity contribution in [2.75, 3.05) is 19.6 Å². The number of nitrogens with zero attached hydrogens (tertiary/aromatic N) is 2. The van der Waals surface area contributed by atoms with Crippen molar-refractivity contribution in [1.29, 1.82) is 0 Å². The second-order valence-electron chi connectivity index (χ2n) is 5.36. The monoisotopic (exact) mass is 275 g/mol. The van der Waals surface area contributed by atoms with E-state index < -0.39 is 0 Å². The van der Waals surface area contributed by atoms with Crippen molar-refractivity contribution in [1.82, 2.24) is 15.2 Å². The largest absolute Gasteiger partial charge is 0.356 e. The molecule has 1 aliphatic heterocycles. The molecule has 0 unspecified atom stereocenters. The lowest BCUT2D eigenvalue weighted by Crippen LogP contribution is -2.41. The number of carbonyl (C=O) groups excluding carboxylic acids is 2. The first kappa shape index (κ1) is 14.5. The van der Waals surface area contributed by atoms with Gasteiger partial charge in [-0.3, -0.25) is 14.6 Å². The summed E-state index contributed by atoms with van der Waals surface area (Å²) in [5.74, 6) is 0.531. The van der Waals surface area contributed by atoms with E-state index in [0.717, 1.165) is 31.6 Å². The Bertz CT molecular complexity index is 476. The summed E-state index contributed by atoms with van der Waals surface area (Å²) < 4.78 is 0. The van der Waals surface area contributed by atoms with Gasteiger partial charge in [-0.15, -0.1) is 0 Å². The van der Waals surface area contributed by atoms with Crippen molar-refractivity contribution in [2.45, 2.75) is 26.7 Å². The van der Waals surface area contributed by atoms with E-state index >= 15 is 0 Å². The third kappa shape index (κ3) is 3.79. The topological polar surface area (TPSA) is 62.3 Å². The van der Waals surface area contributed by atoms with Crippen LogP contribution >= 0.6 is 0 Å². The van der Waals surface area contributed by atoms with Crippen molar-refractivity contribution in [3.8, 4) is 0 Å². The number of pyridine rings is 1. The van der Waals surface area contributed by atoms with Gasteiger partial charge in [0.15, 0.2) is 0 Å². The van der Waals surface area contributed by atoms with Gasteiger partial charge in [0.2, 0.25) is 5.91 Å². The van der Waals surface area contributed by atoms with Gasteiger partial charge in [0.1, 0.15) is 0 Å². The number of hydrogen-bond acceptors (Lipinski definition) is 3. The molecule has 1 aromatic rings. The standard InChI is InChI=1S/C15H21N3O2/c1-11-3-4-14(10-16-11)15(20)18-7-5-13(6-8-18)9-17-12(2)19/h3-4,10,13H,5-9H2,1-2H3,(H,17,19). The summed E-state index contributed by atoms with van der Waals surface area (Å²) in [5, 5.41) is 2.84. The smallest absolute Gasteiger partial charge is 0.255 e. The molecule has 0 atom stereocenters. The molecule has 1 fully saturated rings. The number of aryl methyl sites for hydroxylation is 1. The third-order valence-electron chi connectivity index (χ3n) is 3.70. The molecule has 0 bridgehead atoms. The van der Waals surface area contributed by atoms with Crippen LogP contribution in [0, 0.1) is 12.8 Å². The molecule has 20 heavy (non-hydrogen) atoms. The number of carbonyl (C=O) groups is 2. The van der Waals surface area contributed by atoms with Gasteiger partial charge in [-0.1, -0.05) is 0 Å². The van der Waals surface area contributed by atoms with E-state index in [1.807, 2.05) is 24.0 Å². The van der Waals surface area contributed by atoms with Gasteiger partial charge in [-0.25, -0.2) is 0 Å². The van der Waals surface area contributed by atoms with Crippen LogP contribution in [0.4, 0.5) is 0 Å². The van der Waals surface area contributed by atoms with E-state index in [9.17, 15) is 9.59 Å². The van der Waals surface area contributed by atoms with E-state index in [-0.39, 0.29) is 11.8 Å². The molecule has 0 radical (unpaired) electrons. The Hall–Kier alpha value is -1.91. The normalized spacial score (nSPS) is 16.0. The molecular formula is C15H21N3O2. The third-order valence-corrected chi connectivity index (χ3v) is 3.70. The predicted octanol–water partition coefficient (Wildman–Crippen LogP) is 1.38. The van der Waals surface area contributed by atoms with Crippen LogP contribution < -0.4 is 5.32 Å². The van der Waals surface area contributed by atoms with Crippen LogP contribution in [-0.2, 0) is 4.79 Å². The van der Waals surface area contributed by atoms with Gasteiger partial charge >= 0.3 is 0 Å². The predicted molar refractivity (Wildman–Crippen MR) is 76.3 cm³/mol. The number of piperidine rings is 1. The minimum Gasteiger partial charge on any atom is -0.356 e. The van der Waals surface area contributed by atoms with Gasteiger partial charge < -0.3 is 10.2 Å². The number of hydrogen-bond donors (Lipinski definition) is 1. The lowest BCUT2D eigenvalue weighted by atomic mass is 9.96. The highest BCUT2D eigenvalue weighted by molar-refractivity contribution is 5.93. The first-order chi connectivity index (χ1) is 9.56. The Balaban J connectivity index is 1.85. The van der Waals surface area contributed by atoms with E-state index in [0.29, 0.717) is 18.0 Å². The molecule has 5 heteroatoms.